The molecule has 0 saturated heterocycles. The van der Waals surface area contributed by atoms with Crippen LogP contribution in [0.15, 0.2) is 24.3 Å². The lowest BCUT2D eigenvalue weighted by atomic mass is 10.1. The van der Waals surface area contributed by atoms with E-state index in [0.717, 1.165) is 25.7 Å². The third kappa shape index (κ3) is 37.5. The van der Waals surface area contributed by atoms with Crippen LogP contribution in [0.2, 0.25) is 0 Å². The average Bonchev–Trinajstić information content (AvgIpc) is 3.06. The molecule has 0 aliphatic carbocycles. The number of hydrogen-bond acceptors (Lipinski definition) is 3. The molecule has 0 atom stereocenters. The third-order valence-corrected chi connectivity index (χ3v) is 10.3. The Morgan fingerprint density at radius 1 is 0.532 bits per heavy atom. The summed E-state index contributed by atoms with van der Waals surface area (Å²) in [5.74, 6) is 0.150. The zero-order chi connectivity index (χ0) is 34.4. The van der Waals surface area contributed by atoms with Crippen LogP contribution in [0.25, 0.3) is 0 Å². The molecule has 0 amide bonds. The van der Waals surface area contributed by atoms with Gasteiger partial charge in [-0.1, -0.05) is 154 Å². The van der Waals surface area contributed by atoms with Gasteiger partial charge in [-0.15, -0.1) is 0 Å². The van der Waals surface area contributed by atoms with Gasteiger partial charge in [-0.05, 0) is 64.2 Å². The fourth-order valence-corrected chi connectivity index (χ4v) is 6.98. The number of guanidine groups is 1. The van der Waals surface area contributed by atoms with E-state index >= 15 is 0 Å². The van der Waals surface area contributed by atoms with Gasteiger partial charge in [0.25, 0.3) is 0 Å². The number of hydrogen-bond donors (Lipinski definition) is 4. The van der Waals surface area contributed by atoms with Gasteiger partial charge >= 0.3 is 13.7 Å². The Labute approximate surface area is 292 Å². The molecule has 0 aromatic heterocycles. The molecule has 0 spiro atoms. The molecule has 0 rings (SSSR count). The molecule has 0 unspecified atom stereocenters. The Bertz CT molecular complexity index is 723. The third-order valence-electron chi connectivity index (χ3n) is 8.59. The second-order valence-corrected chi connectivity index (χ2v) is 15.2. The van der Waals surface area contributed by atoms with Gasteiger partial charge in [-0.3, -0.25) is 25.5 Å². The maximum atomic E-state index is 13.3. The molecule has 6 N–H and O–H groups in total. The zero-order valence-electron chi connectivity index (χ0n) is 31.3. The van der Waals surface area contributed by atoms with E-state index in [4.69, 9.17) is 20.5 Å². The minimum atomic E-state index is -3.36. The fourth-order valence-electron chi connectivity index (χ4n) is 5.60. The minimum Gasteiger partial charge on any atom is -0.297 e. The number of nitrogens with one attached hydrogen (secondary N) is 2. The van der Waals surface area contributed by atoms with E-state index in [9.17, 15) is 4.57 Å². The SMILES string of the molecule is CCCCCCCC/C=C\CCCCCCCCOP(=O)(NCC[NH+]=C(N)N)OCCCCCCCC/C=C\CCCCCCCC. The van der Waals surface area contributed by atoms with Crippen LogP contribution in [0.4, 0.5) is 0 Å². The molecule has 0 aromatic carbocycles. The van der Waals surface area contributed by atoms with Crippen LogP contribution < -0.4 is 21.5 Å². The van der Waals surface area contributed by atoms with E-state index in [2.05, 4.69) is 48.2 Å². The van der Waals surface area contributed by atoms with Crippen LogP contribution in [0.3, 0.4) is 0 Å². The van der Waals surface area contributed by atoms with Crippen molar-refractivity contribution >= 4 is 13.7 Å². The molecule has 0 aliphatic heterocycles. The standard InChI is InChI=1S/C39H79N4O3P/c1-3-5-7-9-11-13-15-17-19-21-23-25-27-29-31-33-37-45-47(44,43-36-35-42-39(40)41)46-38-34-32-30-28-26-24-22-20-18-16-14-12-10-8-6-4-2/h17-20H,3-16,21-38H2,1-2H3,(H,43,44)(H4,40,41,42)/p+1/b19-17-,20-18-. The van der Waals surface area contributed by atoms with Gasteiger partial charge < -0.3 is 0 Å². The van der Waals surface area contributed by atoms with Gasteiger partial charge in [0.05, 0.1) is 19.8 Å². The highest BCUT2D eigenvalue weighted by atomic mass is 31.2. The first-order valence-corrected chi connectivity index (χ1v) is 21.6. The Morgan fingerprint density at radius 3 is 1.19 bits per heavy atom. The molecule has 7 nitrogen and oxygen atoms in total. The van der Waals surface area contributed by atoms with Crippen LogP contribution >= 0.6 is 7.75 Å². The number of nitrogens with two attached hydrogens (primary N) is 2. The second-order valence-electron chi connectivity index (χ2n) is 13.3. The van der Waals surface area contributed by atoms with E-state index in [0.29, 0.717) is 26.3 Å². The Balaban J connectivity index is 3.91. The molecule has 0 saturated carbocycles. The summed E-state index contributed by atoms with van der Waals surface area (Å²) >= 11 is 0. The van der Waals surface area contributed by atoms with Crippen molar-refractivity contribution in [3.8, 4) is 0 Å². The summed E-state index contributed by atoms with van der Waals surface area (Å²) in [5.41, 5.74) is 10.9. The van der Waals surface area contributed by atoms with Crippen molar-refractivity contribution in [2.75, 3.05) is 26.3 Å². The summed E-state index contributed by atoms with van der Waals surface area (Å²) in [6.07, 6.45) is 44.7. The van der Waals surface area contributed by atoms with Gasteiger partial charge in [0, 0.05) is 6.54 Å². The highest BCUT2D eigenvalue weighted by molar-refractivity contribution is 7.51. The summed E-state index contributed by atoms with van der Waals surface area (Å²) in [4.78, 5) is 2.84. The first-order chi connectivity index (χ1) is 23.0. The van der Waals surface area contributed by atoms with E-state index in [1.165, 1.54) is 154 Å². The van der Waals surface area contributed by atoms with Crippen molar-refractivity contribution in [1.82, 2.24) is 5.09 Å². The van der Waals surface area contributed by atoms with Crippen molar-refractivity contribution in [2.24, 2.45) is 11.5 Å². The summed E-state index contributed by atoms with van der Waals surface area (Å²) in [7, 11) is -3.36. The molecule has 47 heavy (non-hydrogen) atoms. The van der Waals surface area contributed by atoms with Crippen LogP contribution in [-0.4, -0.2) is 32.3 Å². The molecule has 278 valence electrons. The minimum absolute atomic E-state index is 0.150. The van der Waals surface area contributed by atoms with E-state index in [-0.39, 0.29) is 5.96 Å². The first kappa shape index (κ1) is 45.9. The number of rotatable bonds is 38. The first-order valence-electron chi connectivity index (χ1n) is 20.1. The zero-order valence-corrected chi connectivity index (χ0v) is 32.2. The highest BCUT2D eigenvalue weighted by Crippen LogP contribution is 2.43. The molecular weight excluding hydrogens is 603 g/mol. The normalized spacial score (nSPS) is 12.1. The molecule has 0 fully saturated rings. The lowest BCUT2D eigenvalue weighted by Crippen LogP contribution is -2.79. The second kappa shape index (κ2) is 37.7. The maximum Gasteiger partial charge on any atom is 0.405 e. The van der Waals surface area contributed by atoms with Crippen molar-refractivity contribution in [1.29, 1.82) is 0 Å². The maximum absolute atomic E-state index is 13.3. The van der Waals surface area contributed by atoms with Crippen LogP contribution in [0, 0.1) is 0 Å². The van der Waals surface area contributed by atoms with Crippen LogP contribution in [-0.2, 0) is 13.6 Å². The summed E-state index contributed by atoms with van der Waals surface area (Å²) in [5, 5.41) is 2.97. The molecule has 0 radical (unpaired) electrons. The predicted octanol–water partition coefficient (Wildman–Crippen LogP) is 10.1. The topological polar surface area (TPSA) is 114 Å². The van der Waals surface area contributed by atoms with Crippen LogP contribution in [0.1, 0.15) is 194 Å². The molecular formula is C39H80N4O3P+. The molecule has 0 aliphatic rings. The lowest BCUT2D eigenvalue weighted by molar-refractivity contribution is -0.456. The Morgan fingerprint density at radius 2 is 0.851 bits per heavy atom. The highest BCUT2D eigenvalue weighted by Gasteiger charge is 2.23. The largest absolute Gasteiger partial charge is 0.405 e. The predicted molar refractivity (Wildman–Crippen MR) is 206 cm³/mol. The molecule has 0 heterocycles. The van der Waals surface area contributed by atoms with Crippen molar-refractivity contribution in [2.45, 2.75) is 194 Å². The summed E-state index contributed by atoms with van der Waals surface area (Å²) in [6, 6.07) is 0. The van der Waals surface area contributed by atoms with E-state index in [1.807, 2.05) is 0 Å². The molecule has 0 aromatic rings. The van der Waals surface area contributed by atoms with Crippen molar-refractivity contribution in [3.05, 3.63) is 24.3 Å². The van der Waals surface area contributed by atoms with E-state index < -0.39 is 7.75 Å². The molecule has 8 heteroatoms. The average molecular weight is 684 g/mol. The van der Waals surface area contributed by atoms with Crippen molar-refractivity contribution in [3.63, 3.8) is 0 Å². The van der Waals surface area contributed by atoms with Gasteiger partial charge in [-0.25, -0.2) is 9.65 Å². The Hall–Kier alpha value is -1.14. The molecule has 0 bridgehead atoms. The fraction of sp³-hybridized carbons (Fsp3) is 0.872. The number of allylic oxidation sites excluding steroid dienone is 4. The van der Waals surface area contributed by atoms with E-state index in [1.54, 1.807) is 0 Å². The van der Waals surface area contributed by atoms with Gasteiger partial charge in [0.2, 0.25) is 0 Å². The number of unbranched alkanes of at least 4 members (excludes halogenated alkanes) is 24. The van der Waals surface area contributed by atoms with Crippen molar-refractivity contribution < 1.29 is 18.6 Å². The van der Waals surface area contributed by atoms with Gasteiger partial charge in [-0.2, -0.15) is 0 Å². The summed E-state index contributed by atoms with van der Waals surface area (Å²) in [6.45, 7) is 6.29. The van der Waals surface area contributed by atoms with Gasteiger partial charge in [0.1, 0.15) is 0 Å². The van der Waals surface area contributed by atoms with Crippen LogP contribution in [0.5, 0.6) is 0 Å². The Kier molecular flexibility index (Phi) is 36.8. The summed E-state index contributed by atoms with van der Waals surface area (Å²) < 4.78 is 24.9. The van der Waals surface area contributed by atoms with Gasteiger partial charge in [0.15, 0.2) is 0 Å². The smallest absolute Gasteiger partial charge is 0.297 e. The lowest BCUT2D eigenvalue weighted by Gasteiger charge is -2.19. The monoisotopic (exact) mass is 684 g/mol. The quantitative estimate of drug-likeness (QED) is 0.0169.